The van der Waals surface area contributed by atoms with Crippen LogP contribution in [0.2, 0.25) is 0 Å². The van der Waals surface area contributed by atoms with E-state index in [2.05, 4.69) is 10.9 Å². The van der Waals surface area contributed by atoms with Crippen molar-refractivity contribution in [2.24, 2.45) is 0 Å². The molecule has 0 fully saturated rings. The Morgan fingerprint density at radius 3 is 2.44 bits per heavy atom. The van der Waals surface area contributed by atoms with Gasteiger partial charge in [0, 0.05) is 5.56 Å². The highest BCUT2D eigenvalue weighted by atomic mass is 35.5. The average molecular weight is 263 g/mol. The number of alkyl halides is 1. The topological polar surface area (TPSA) is 58.2 Å². The van der Waals surface area contributed by atoms with Gasteiger partial charge in [-0.25, -0.2) is 0 Å². The maximum atomic E-state index is 11.7. The van der Waals surface area contributed by atoms with E-state index < -0.39 is 5.91 Å². The Hall–Kier alpha value is -2.07. The molecule has 0 radical (unpaired) electrons. The number of halogens is 1. The smallest absolute Gasteiger partial charge is 0.269 e. The number of carbonyl (C=O) groups is 2. The van der Waals surface area contributed by atoms with Crippen LogP contribution in [0.15, 0.2) is 42.5 Å². The van der Waals surface area contributed by atoms with E-state index in [0.717, 1.165) is 10.8 Å². The third kappa shape index (κ3) is 2.78. The number of nitrogens with one attached hydrogen (secondary N) is 2. The Kier molecular flexibility index (Phi) is 3.79. The molecule has 0 saturated carbocycles. The molecule has 2 aromatic carbocycles. The number of hydrazine groups is 1. The van der Waals surface area contributed by atoms with Crippen LogP contribution in [0.5, 0.6) is 0 Å². The van der Waals surface area contributed by atoms with Crippen molar-refractivity contribution in [3.8, 4) is 0 Å². The van der Waals surface area contributed by atoms with Crippen LogP contribution in [0.3, 0.4) is 0 Å². The molecule has 0 heterocycles. The highest BCUT2D eigenvalue weighted by Crippen LogP contribution is 2.15. The SMILES string of the molecule is O=C(CCl)NNC(=O)c1ccc2ccccc2c1. The fraction of sp³-hybridized carbons (Fsp3) is 0.0769. The standard InChI is InChI=1S/C13H11ClN2O2/c14-8-12(17)15-16-13(18)11-6-5-9-3-1-2-4-10(9)7-11/h1-7H,8H2,(H,15,17)(H,16,18). The lowest BCUT2D eigenvalue weighted by atomic mass is 10.1. The van der Waals surface area contributed by atoms with Crippen LogP contribution in [0.1, 0.15) is 10.4 Å². The van der Waals surface area contributed by atoms with Crippen molar-refractivity contribution in [3.05, 3.63) is 48.0 Å². The molecular formula is C13H11ClN2O2. The number of carbonyl (C=O) groups excluding carboxylic acids is 2. The maximum absolute atomic E-state index is 11.7. The quantitative estimate of drug-likeness (QED) is 0.641. The van der Waals surface area contributed by atoms with Gasteiger partial charge in [0.1, 0.15) is 5.88 Å². The molecule has 0 saturated heterocycles. The van der Waals surface area contributed by atoms with Crippen molar-refractivity contribution in [1.29, 1.82) is 0 Å². The van der Waals surface area contributed by atoms with E-state index in [1.165, 1.54) is 0 Å². The summed E-state index contributed by atoms with van der Waals surface area (Å²) in [7, 11) is 0. The third-order valence-corrected chi connectivity index (χ3v) is 2.69. The van der Waals surface area contributed by atoms with Crippen LogP contribution >= 0.6 is 11.6 Å². The third-order valence-electron chi connectivity index (χ3n) is 2.45. The minimum atomic E-state index is -0.453. The van der Waals surface area contributed by atoms with Crippen LogP contribution in [-0.4, -0.2) is 17.7 Å². The first kappa shape index (κ1) is 12.4. The zero-order chi connectivity index (χ0) is 13.0. The van der Waals surface area contributed by atoms with Gasteiger partial charge in [-0.1, -0.05) is 30.3 Å². The van der Waals surface area contributed by atoms with Gasteiger partial charge < -0.3 is 0 Å². The summed E-state index contributed by atoms with van der Waals surface area (Å²) >= 11 is 5.30. The fourth-order valence-corrected chi connectivity index (χ4v) is 1.63. The van der Waals surface area contributed by atoms with Crippen molar-refractivity contribution in [2.45, 2.75) is 0 Å². The minimum absolute atomic E-state index is 0.196. The van der Waals surface area contributed by atoms with Crippen molar-refractivity contribution < 1.29 is 9.59 Å². The summed E-state index contributed by atoms with van der Waals surface area (Å²) < 4.78 is 0. The van der Waals surface area contributed by atoms with E-state index in [9.17, 15) is 9.59 Å². The molecule has 0 bridgehead atoms. The van der Waals surface area contributed by atoms with Crippen LogP contribution in [0.4, 0.5) is 0 Å². The Morgan fingerprint density at radius 1 is 1.00 bits per heavy atom. The number of hydrogen-bond donors (Lipinski definition) is 2. The molecule has 2 rings (SSSR count). The molecule has 92 valence electrons. The van der Waals surface area contributed by atoms with E-state index in [0.29, 0.717) is 5.56 Å². The predicted molar refractivity (Wildman–Crippen MR) is 70.3 cm³/mol. The molecular weight excluding hydrogens is 252 g/mol. The lowest BCUT2D eigenvalue weighted by molar-refractivity contribution is -0.119. The van der Waals surface area contributed by atoms with Crippen molar-refractivity contribution in [2.75, 3.05) is 5.88 Å². The van der Waals surface area contributed by atoms with E-state index >= 15 is 0 Å². The molecule has 0 aliphatic rings. The molecule has 2 N–H and O–H groups in total. The van der Waals surface area contributed by atoms with E-state index in [1.54, 1.807) is 12.1 Å². The second-order valence-corrected chi connectivity index (χ2v) is 3.97. The van der Waals surface area contributed by atoms with Crippen LogP contribution in [0, 0.1) is 0 Å². The zero-order valence-electron chi connectivity index (χ0n) is 9.44. The maximum Gasteiger partial charge on any atom is 0.269 e. The number of benzene rings is 2. The molecule has 4 nitrogen and oxygen atoms in total. The molecule has 0 spiro atoms. The molecule has 0 aliphatic heterocycles. The van der Waals surface area contributed by atoms with Gasteiger partial charge in [-0.2, -0.15) is 0 Å². The monoisotopic (exact) mass is 262 g/mol. The first-order valence-electron chi connectivity index (χ1n) is 5.34. The molecule has 0 atom stereocenters. The summed E-state index contributed by atoms with van der Waals surface area (Å²) in [4.78, 5) is 22.6. The van der Waals surface area contributed by atoms with Crippen molar-refractivity contribution in [1.82, 2.24) is 10.9 Å². The largest absolute Gasteiger partial charge is 0.272 e. The summed E-state index contributed by atoms with van der Waals surface area (Å²) in [6.45, 7) is 0. The molecule has 0 aromatic heterocycles. The van der Waals surface area contributed by atoms with Crippen LogP contribution < -0.4 is 10.9 Å². The minimum Gasteiger partial charge on any atom is -0.272 e. The van der Waals surface area contributed by atoms with Crippen molar-refractivity contribution in [3.63, 3.8) is 0 Å². The van der Waals surface area contributed by atoms with Gasteiger partial charge in [-0.15, -0.1) is 11.6 Å². The van der Waals surface area contributed by atoms with E-state index in [4.69, 9.17) is 11.6 Å². The van der Waals surface area contributed by atoms with Gasteiger partial charge in [-0.3, -0.25) is 20.4 Å². The Morgan fingerprint density at radius 2 is 1.72 bits per heavy atom. The average Bonchev–Trinajstić information content (AvgIpc) is 2.43. The Bertz CT molecular complexity index is 598. The highest BCUT2D eigenvalue weighted by molar-refractivity contribution is 6.27. The van der Waals surface area contributed by atoms with Gasteiger partial charge in [0.2, 0.25) is 0 Å². The highest BCUT2D eigenvalue weighted by Gasteiger charge is 2.07. The molecule has 0 aliphatic carbocycles. The second-order valence-electron chi connectivity index (χ2n) is 3.70. The number of hydrogen-bond acceptors (Lipinski definition) is 2. The molecule has 5 heteroatoms. The van der Waals surface area contributed by atoms with Gasteiger partial charge >= 0.3 is 0 Å². The predicted octanol–water partition coefficient (Wildman–Crippen LogP) is 1.84. The van der Waals surface area contributed by atoms with Crippen LogP contribution in [-0.2, 0) is 4.79 Å². The summed E-state index contributed by atoms with van der Waals surface area (Å²) in [5.41, 5.74) is 4.98. The number of rotatable bonds is 2. The van der Waals surface area contributed by atoms with Gasteiger partial charge in [0.15, 0.2) is 0 Å². The zero-order valence-corrected chi connectivity index (χ0v) is 10.2. The number of amides is 2. The first-order valence-corrected chi connectivity index (χ1v) is 5.88. The molecule has 0 unspecified atom stereocenters. The Balaban J connectivity index is 2.15. The summed E-state index contributed by atoms with van der Waals surface area (Å²) in [5.74, 6) is -1.03. The van der Waals surface area contributed by atoms with Gasteiger partial charge in [0.25, 0.3) is 11.8 Å². The summed E-state index contributed by atoms with van der Waals surface area (Å²) in [6, 6.07) is 13.0. The Labute approximate surface area is 109 Å². The lowest BCUT2D eigenvalue weighted by Gasteiger charge is -2.06. The molecule has 2 aromatic rings. The molecule has 2 amide bonds. The number of fused-ring (bicyclic) bond motifs is 1. The summed E-state index contributed by atoms with van der Waals surface area (Å²) in [5, 5.41) is 2.02. The lowest BCUT2D eigenvalue weighted by Crippen LogP contribution is -2.42. The molecule has 18 heavy (non-hydrogen) atoms. The normalized spacial score (nSPS) is 10.1. The van der Waals surface area contributed by atoms with Gasteiger partial charge in [0.05, 0.1) is 0 Å². The summed E-state index contributed by atoms with van der Waals surface area (Å²) in [6.07, 6.45) is 0. The van der Waals surface area contributed by atoms with Gasteiger partial charge in [-0.05, 0) is 22.9 Å². The van der Waals surface area contributed by atoms with Crippen LogP contribution in [0.25, 0.3) is 10.8 Å². The van der Waals surface area contributed by atoms with E-state index in [-0.39, 0.29) is 11.8 Å². The van der Waals surface area contributed by atoms with Crippen molar-refractivity contribution >= 4 is 34.2 Å². The fourth-order valence-electron chi connectivity index (χ4n) is 1.56. The first-order chi connectivity index (χ1) is 8.70. The van der Waals surface area contributed by atoms with E-state index in [1.807, 2.05) is 30.3 Å². The second kappa shape index (κ2) is 5.51.